The first-order chi connectivity index (χ1) is 14.2. The van der Waals surface area contributed by atoms with E-state index in [0.29, 0.717) is 24.5 Å². The van der Waals surface area contributed by atoms with Crippen LogP contribution >= 0.6 is 0 Å². The maximum atomic E-state index is 13.3. The van der Waals surface area contributed by atoms with E-state index in [1.165, 1.54) is 25.1 Å². The Labute approximate surface area is 171 Å². The number of carboxylic acid groups (broad SMARTS) is 1. The Kier molecular flexibility index (Phi) is 4.89. The molecular weight excluding hydrogens is 393 g/mol. The molecule has 0 aromatic heterocycles. The van der Waals surface area contributed by atoms with E-state index in [4.69, 9.17) is 0 Å². The van der Waals surface area contributed by atoms with Gasteiger partial charge in [0.25, 0.3) is 0 Å². The van der Waals surface area contributed by atoms with Crippen LogP contribution in [0.25, 0.3) is 0 Å². The number of hydrogen-bond acceptors (Lipinski definition) is 3. The number of carbonyl (C=O) groups is 1. The number of para-hydroxylation sites is 1. The molecule has 1 aliphatic rings. The molecule has 0 spiro atoms. The minimum atomic E-state index is -4.39. The molecule has 0 atom stereocenters. The number of anilines is 3. The van der Waals surface area contributed by atoms with Crippen LogP contribution in [0.1, 0.15) is 32.6 Å². The lowest BCUT2D eigenvalue weighted by atomic mass is 10.1. The van der Waals surface area contributed by atoms with Gasteiger partial charge in [-0.1, -0.05) is 24.3 Å². The predicted molar refractivity (Wildman–Crippen MR) is 109 cm³/mol. The summed E-state index contributed by atoms with van der Waals surface area (Å²) in [4.78, 5) is 13.3. The normalized spacial score (nSPS) is 13.3. The number of nitrogens with zero attached hydrogens (tertiary/aromatic N) is 1. The minimum absolute atomic E-state index is 0.166. The molecule has 2 N–H and O–H groups in total. The molecule has 4 nitrogen and oxygen atoms in total. The molecule has 0 amide bonds. The monoisotopic (exact) mass is 412 g/mol. The second-order valence-corrected chi connectivity index (χ2v) is 7.31. The molecule has 0 unspecified atom stereocenters. The van der Waals surface area contributed by atoms with Crippen LogP contribution in [-0.4, -0.2) is 11.1 Å². The molecule has 0 bridgehead atoms. The van der Waals surface area contributed by atoms with Crippen LogP contribution in [0.15, 0.2) is 60.7 Å². The van der Waals surface area contributed by atoms with Gasteiger partial charge in [0.2, 0.25) is 0 Å². The highest BCUT2D eigenvalue weighted by molar-refractivity contribution is 5.95. The summed E-state index contributed by atoms with van der Waals surface area (Å²) in [5.74, 6) is -1.02. The quantitative estimate of drug-likeness (QED) is 0.554. The first kappa shape index (κ1) is 19.8. The van der Waals surface area contributed by atoms with Crippen LogP contribution in [0, 0.1) is 6.92 Å². The maximum absolute atomic E-state index is 13.3. The fourth-order valence-electron chi connectivity index (χ4n) is 3.70. The summed E-state index contributed by atoms with van der Waals surface area (Å²) in [6, 6.07) is 16.7. The summed E-state index contributed by atoms with van der Waals surface area (Å²) < 4.78 is 39.8. The van der Waals surface area contributed by atoms with Gasteiger partial charge in [-0.15, -0.1) is 0 Å². The molecule has 154 valence electrons. The summed E-state index contributed by atoms with van der Waals surface area (Å²) in [5, 5.41) is 12.5. The Hall–Kier alpha value is -3.48. The Bertz CT molecular complexity index is 1130. The van der Waals surface area contributed by atoms with E-state index in [-0.39, 0.29) is 11.1 Å². The zero-order valence-electron chi connectivity index (χ0n) is 16.1. The lowest BCUT2D eigenvalue weighted by molar-refractivity contribution is -0.138. The highest BCUT2D eigenvalue weighted by Crippen LogP contribution is 2.37. The van der Waals surface area contributed by atoms with Crippen molar-refractivity contribution in [1.82, 2.24) is 0 Å². The highest BCUT2D eigenvalue weighted by Gasteiger charge is 2.33. The average Bonchev–Trinajstić information content (AvgIpc) is 3.11. The Balaban J connectivity index is 1.57. The van der Waals surface area contributed by atoms with Crippen LogP contribution < -0.4 is 10.2 Å². The predicted octanol–water partition coefficient (Wildman–Crippen LogP) is 5.98. The van der Waals surface area contributed by atoms with Crippen LogP contribution in [0.3, 0.4) is 0 Å². The number of benzene rings is 3. The van der Waals surface area contributed by atoms with E-state index in [1.54, 1.807) is 24.3 Å². The molecule has 0 saturated carbocycles. The maximum Gasteiger partial charge on any atom is 0.416 e. The third-order valence-corrected chi connectivity index (χ3v) is 5.26. The van der Waals surface area contributed by atoms with Gasteiger partial charge in [-0.25, -0.2) is 4.79 Å². The molecule has 1 aliphatic heterocycles. The number of nitrogens with one attached hydrogen (secondary N) is 1. The third kappa shape index (κ3) is 3.83. The summed E-state index contributed by atoms with van der Waals surface area (Å²) >= 11 is 0. The van der Waals surface area contributed by atoms with Crippen LogP contribution in [-0.2, 0) is 19.3 Å². The van der Waals surface area contributed by atoms with E-state index < -0.39 is 17.7 Å². The summed E-state index contributed by atoms with van der Waals surface area (Å²) in [5.41, 5.74) is 3.49. The van der Waals surface area contributed by atoms with Gasteiger partial charge in [0.05, 0.1) is 16.8 Å². The third-order valence-electron chi connectivity index (χ3n) is 5.26. The standard InChI is InChI=1S/C23H19F3N2O2/c1-14-6-9-18(11-20(14)23(24,25)26)28-12-15-7-8-17(10-16(15)13-28)27-21-5-3-2-4-19(21)22(29)30/h2-11,27H,12-13H2,1H3,(H,29,30). The molecule has 0 aliphatic carbocycles. The summed E-state index contributed by atoms with van der Waals surface area (Å²) in [6.07, 6.45) is -4.39. The van der Waals surface area contributed by atoms with E-state index in [0.717, 1.165) is 16.8 Å². The van der Waals surface area contributed by atoms with E-state index in [9.17, 15) is 23.1 Å². The van der Waals surface area contributed by atoms with Crippen molar-refractivity contribution >= 4 is 23.0 Å². The number of rotatable bonds is 4. The number of aromatic carboxylic acids is 1. The van der Waals surface area contributed by atoms with Crippen molar-refractivity contribution in [2.24, 2.45) is 0 Å². The number of halogens is 3. The van der Waals surface area contributed by atoms with Crippen molar-refractivity contribution in [1.29, 1.82) is 0 Å². The molecule has 0 radical (unpaired) electrons. The largest absolute Gasteiger partial charge is 0.478 e. The average molecular weight is 412 g/mol. The van der Waals surface area contributed by atoms with Crippen molar-refractivity contribution in [2.45, 2.75) is 26.2 Å². The smallest absolute Gasteiger partial charge is 0.416 e. The second-order valence-electron chi connectivity index (χ2n) is 7.31. The first-order valence-corrected chi connectivity index (χ1v) is 9.36. The van der Waals surface area contributed by atoms with E-state index >= 15 is 0 Å². The lowest BCUT2D eigenvalue weighted by Gasteiger charge is -2.20. The van der Waals surface area contributed by atoms with Gasteiger partial charge in [0.1, 0.15) is 0 Å². The zero-order valence-corrected chi connectivity index (χ0v) is 16.1. The molecule has 4 rings (SSSR count). The molecule has 3 aromatic carbocycles. The topological polar surface area (TPSA) is 52.6 Å². The fraction of sp³-hybridized carbons (Fsp3) is 0.174. The van der Waals surface area contributed by atoms with E-state index in [1.807, 2.05) is 23.1 Å². The van der Waals surface area contributed by atoms with Gasteiger partial charge in [0.15, 0.2) is 0 Å². The highest BCUT2D eigenvalue weighted by atomic mass is 19.4. The van der Waals surface area contributed by atoms with Crippen molar-refractivity contribution in [3.8, 4) is 0 Å². The second kappa shape index (κ2) is 7.40. The molecule has 1 heterocycles. The Morgan fingerprint density at radius 2 is 1.73 bits per heavy atom. The van der Waals surface area contributed by atoms with Crippen molar-refractivity contribution < 1.29 is 23.1 Å². The number of carboxylic acids is 1. The van der Waals surface area contributed by atoms with Crippen molar-refractivity contribution in [3.05, 3.63) is 88.5 Å². The number of aryl methyl sites for hydroxylation is 1. The van der Waals surface area contributed by atoms with Crippen LogP contribution in [0.4, 0.5) is 30.2 Å². The Morgan fingerprint density at radius 1 is 1.00 bits per heavy atom. The number of hydrogen-bond donors (Lipinski definition) is 2. The van der Waals surface area contributed by atoms with Crippen molar-refractivity contribution in [3.63, 3.8) is 0 Å². The van der Waals surface area contributed by atoms with Crippen molar-refractivity contribution in [2.75, 3.05) is 10.2 Å². The van der Waals surface area contributed by atoms with Crippen LogP contribution in [0.5, 0.6) is 0 Å². The van der Waals surface area contributed by atoms with Gasteiger partial charge in [-0.3, -0.25) is 0 Å². The molecule has 3 aromatic rings. The first-order valence-electron chi connectivity index (χ1n) is 9.36. The van der Waals surface area contributed by atoms with Gasteiger partial charge in [-0.05, 0) is 60.0 Å². The van der Waals surface area contributed by atoms with Gasteiger partial charge in [0, 0.05) is 24.5 Å². The van der Waals surface area contributed by atoms with E-state index in [2.05, 4.69) is 5.32 Å². The van der Waals surface area contributed by atoms with Crippen LogP contribution in [0.2, 0.25) is 0 Å². The molecular formula is C23H19F3N2O2. The fourth-order valence-corrected chi connectivity index (χ4v) is 3.70. The summed E-state index contributed by atoms with van der Waals surface area (Å²) in [6.45, 7) is 2.45. The van der Waals surface area contributed by atoms with Gasteiger partial charge >= 0.3 is 12.1 Å². The lowest BCUT2D eigenvalue weighted by Crippen LogP contribution is -2.16. The van der Waals surface area contributed by atoms with Gasteiger partial charge < -0.3 is 15.3 Å². The molecule has 0 saturated heterocycles. The van der Waals surface area contributed by atoms with Gasteiger partial charge in [-0.2, -0.15) is 13.2 Å². The summed E-state index contributed by atoms with van der Waals surface area (Å²) in [7, 11) is 0. The Morgan fingerprint density at radius 3 is 2.47 bits per heavy atom. The molecule has 7 heteroatoms. The number of fused-ring (bicyclic) bond motifs is 1. The zero-order chi connectivity index (χ0) is 21.5. The molecule has 30 heavy (non-hydrogen) atoms. The number of alkyl halides is 3. The SMILES string of the molecule is Cc1ccc(N2Cc3ccc(Nc4ccccc4C(=O)O)cc3C2)cc1C(F)(F)F. The minimum Gasteiger partial charge on any atom is -0.478 e. The molecule has 0 fully saturated rings.